The quantitative estimate of drug-likeness (QED) is 0.176. The summed E-state index contributed by atoms with van der Waals surface area (Å²) in [5, 5.41) is 3.99. The summed E-state index contributed by atoms with van der Waals surface area (Å²) in [7, 11) is -4.28. The van der Waals surface area contributed by atoms with E-state index in [9.17, 15) is 18.0 Å². The van der Waals surface area contributed by atoms with Gasteiger partial charge in [-0.1, -0.05) is 89.4 Å². The fraction of sp³-hybridized carbons (Fsp3) is 0.212. The Morgan fingerprint density at radius 2 is 1.45 bits per heavy atom. The van der Waals surface area contributed by atoms with Gasteiger partial charge in [-0.3, -0.25) is 13.9 Å². The Bertz CT molecular complexity index is 1700. The maximum Gasteiger partial charge on any atom is 0.264 e. The van der Waals surface area contributed by atoms with Crippen molar-refractivity contribution >= 4 is 62.3 Å². The Labute approximate surface area is 273 Å². The molecular formula is C33H32Cl3N3O4S. The number of rotatable bonds is 12. The molecule has 0 fully saturated rings. The Balaban J connectivity index is 1.82. The third-order valence-electron chi connectivity index (χ3n) is 6.78. The van der Waals surface area contributed by atoms with Crippen molar-refractivity contribution in [3.05, 3.63) is 129 Å². The molecule has 2 amide bonds. The van der Waals surface area contributed by atoms with E-state index in [-0.39, 0.29) is 40.5 Å². The van der Waals surface area contributed by atoms with Gasteiger partial charge >= 0.3 is 0 Å². The molecule has 0 aliphatic carbocycles. The molecular weight excluding hydrogens is 641 g/mol. The Kier molecular flexibility index (Phi) is 11.3. The molecule has 230 valence electrons. The molecule has 0 spiro atoms. The second kappa shape index (κ2) is 14.9. The maximum atomic E-state index is 14.4. The van der Waals surface area contributed by atoms with Gasteiger partial charge in [0.25, 0.3) is 10.0 Å². The van der Waals surface area contributed by atoms with E-state index in [0.29, 0.717) is 15.6 Å². The lowest BCUT2D eigenvalue weighted by Gasteiger charge is -2.34. The highest BCUT2D eigenvalue weighted by atomic mass is 35.5. The summed E-state index contributed by atoms with van der Waals surface area (Å²) in [4.78, 5) is 29.5. The van der Waals surface area contributed by atoms with Gasteiger partial charge in [0.1, 0.15) is 12.6 Å². The minimum Gasteiger partial charge on any atom is -0.352 e. The smallest absolute Gasteiger partial charge is 0.264 e. The highest BCUT2D eigenvalue weighted by molar-refractivity contribution is 7.92. The molecule has 0 saturated carbocycles. The molecule has 4 rings (SSSR count). The maximum absolute atomic E-state index is 14.4. The van der Waals surface area contributed by atoms with Gasteiger partial charge < -0.3 is 10.2 Å². The number of amides is 2. The van der Waals surface area contributed by atoms with E-state index < -0.39 is 28.5 Å². The number of nitrogens with zero attached hydrogens (tertiary/aromatic N) is 2. The first-order valence-corrected chi connectivity index (χ1v) is 16.4. The van der Waals surface area contributed by atoms with Crippen LogP contribution in [-0.4, -0.2) is 43.8 Å². The summed E-state index contributed by atoms with van der Waals surface area (Å²) in [6, 6.07) is 27.0. The van der Waals surface area contributed by atoms with Crippen molar-refractivity contribution in [1.29, 1.82) is 0 Å². The van der Waals surface area contributed by atoms with Gasteiger partial charge in [-0.05, 0) is 73.5 Å². The van der Waals surface area contributed by atoms with Crippen molar-refractivity contribution in [2.24, 2.45) is 0 Å². The number of hydrogen-bond donors (Lipinski definition) is 1. The van der Waals surface area contributed by atoms with Crippen LogP contribution in [0.3, 0.4) is 0 Å². The van der Waals surface area contributed by atoms with E-state index in [0.717, 1.165) is 9.87 Å². The number of nitrogens with one attached hydrogen (secondary N) is 1. The molecule has 0 radical (unpaired) electrons. The normalized spacial score (nSPS) is 12.0. The van der Waals surface area contributed by atoms with Crippen molar-refractivity contribution in [3.8, 4) is 0 Å². The highest BCUT2D eigenvalue weighted by Gasteiger charge is 2.35. The molecule has 0 aliphatic heterocycles. The molecule has 4 aromatic carbocycles. The molecule has 0 bridgehead atoms. The van der Waals surface area contributed by atoms with E-state index >= 15 is 0 Å². The van der Waals surface area contributed by atoms with Crippen LogP contribution in [0.25, 0.3) is 0 Å². The van der Waals surface area contributed by atoms with E-state index in [1.165, 1.54) is 35.2 Å². The molecule has 11 heteroatoms. The Hall–Kier alpha value is -3.56. The van der Waals surface area contributed by atoms with Crippen LogP contribution in [0.4, 0.5) is 5.69 Å². The summed E-state index contributed by atoms with van der Waals surface area (Å²) in [6.07, 6.45) is 0.191. The molecule has 0 aromatic heterocycles. The zero-order chi connectivity index (χ0) is 31.9. The molecule has 4 aromatic rings. The van der Waals surface area contributed by atoms with Crippen LogP contribution < -0.4 is 9.62 Å². The monoisotopic (exact) mass is 671 g/mol. The van der Waals surface area contributed by atoms with Crippen molar-refractivity contribution in [1.82, 2.24) is 10.2 Å². The van der Waals surface area contributed by atoms with Crippen molar-refractivity contribution in [3.63, 3.8) is 0 Å². The average molecular weight is 673 g/mol. The SMILES string of the molecule is CC(C)NC(=O)[C@@H](Cc1ccccc1)N(Cc1ccccc1Cl)C(=O)CN(c1cccc(Cl)c1)S(=O)(=O)c1ccc(Cl)cc1. The van der Waals surface area contributed by atoms with Crippen LogP contribution in [0.5, 0.6) is 0 Å². The summed E-state index contributed by atoms with van der Waals surface area (Å²) in [5.74, 6) is -0.985. The van der Waals surface area contributed by atoms with E-state index in [1.54, 1.807) is 42.5 Å². The Morgan fingerprint density at radius 3 is 2.09 bits per heavy atom. The molecule has 7 nitrogen and oxygen atoms in total. The average Bonchev–Trinajstić information content (AvgIpc) is 2.98. The number of carbonyl (C=O) groups is 2. The summed E-state index contributed by atoms with van der Waals surface area (Å²) in [5.41, 5.74) is 1.62. The molecule has 0 aliphatic rings. The number of hydrogen-bond acceptors (Lipinski definition) is 4. The lowest BCUT2D eigenvalue weighted by molar-refractivity contribution is -0.140. The number of benzene rings is 4. The number of sulfonamides is 1. The number of halogens is 3. The fourth-order valence-electron chi connectivity index (χ4n) is 4.64. The Morgan fingerprint density at radius 1 is 0.795 bits per heavy atom. The second-order valence-electron chi connectivity index (χ2n) is 10.4. The van der Waals surface area contributed by atoms with Crippen LogP contribution in [0.15, 0.2) is 108 Å². The van der Waals surface area contributed by atoms with Gasteiger partial charge in [0.2, 0.25) is 11.8 Å². The molecule has 44 heavy (non-hydrogen) atoms. The highest BCUT2D eigenvalue weighted by Crippen LogP contribution is 2.28. The van der Waals surface area contributed by atoms with Crippen molar-refractivity contribution in [2.75, 3.05) is 10.8 Å². The van der Waals surface area contributed by atoms with Gasteiger partial charge in [0.05, 0.1) is 10.6 Å². The van der Waals surface area contributed by atoms with Gasteiger partial charge in [-0.25, -0.2) is 8.42 Å². The largest absolute Gasteiger partial charge is 0.352 e. The van der Waals surface area contributed by atoms with Crippen LogP contribution in [0, 0.1) is 0 Å². The third-order valence-corrected chi connectivity index (χ3v) is 9.42. The zero-order valence-electron chi connectivity index (χ0n) is 24.2. The van der Waals surface area contributed by atoms with Crippen LogP contribution in [-0.2, 0) is 32.6 Å². The first-order valence-electron chi connectivity index (χ1n) is 13.9. The lowest BCUT2D eigenvalue weighted by atomic mass is 10.0. The van der Waals surface area contributed by atoms with E-state index in [4.69, 9.17) is 34.8 Å². The second-order valence-corrected chi connectivity index (χ2v) is 13.6. The molecule has 0 heterocycles. The first-order chi connectivity index (χ1) is 21.0. The van der Waals surface area contributed by atoms with E-state index in [1.807, 2.05) is 44.2 Å². The van der Waals surface area contributed by atoms with Crippen LogP contribution in [0.2, 0.25) is 15.1 Å². The van der Waals surface area contributed by atoms with Gasteiger partial charge in [-0.15, -0.1) is 0 Å². The van der Waals surface area contributed by atoms with Crippen molar-refractivity contribution < 1.29 is 18.0 Å². The van der Waals surface area contributed by atoms with Gasteiger partial charge in [0.15, 0.2) is 0 Å². The number of carbonyl (C=O) groups excluding carboxylic acids is 2. The van der Waals surface area contributed by atoms with Gasteiger partial charge in [-0.2, -0.15) is 0 Å². The third kappa shape index (κ3) is 8.54. The first kappa shape index (κ1) is 33.3. The predicted octanol–water partition coefficient (Wildman–Crippen LogP) is 7.01. The molecule has 0 saturated heterocycles. The topological polar surface area (TPSA) is 86.8 Å². The minimum atomic E-state index is -4.28. The van der Waals surface area contributed by atoms with Crippen LogP contribution in [0.1, 0.15) is 25.0 Å². The molecule has 1 atom stereocenters. The lowest BCUT2D eigenvalue weighted by Crippen LogP contribution is -2.54. The minimum absolute atomic E-state index is 0.0358. The van der Waals surface area contributed by atoms with Gasteiger partial charge in [0, 0.05) is 34.1 Å². The zero-order valence-corrected chi connectivity index (χ0v) is 27.2. The standard InChI is InChI=1S/C33H32Cl3N3O4S/c1-23(2)37-33(41)31(19-24-9-4-3-5-10-24)38(21-25-11-6-7-14-30(25)36)32(40)22-39(28-13-8-12-27(35)20-28)44(42,43)29-17-15-26(34)16-18-29/h3-18,20,23,31H,19,21-22H2,1-2H3,(H,37,41)/t31-/m1/s1. The summed E-state index contributed by atoms with van der Waals surface area (Å²) >= 11 is 18.8. The summed E-state index contributed by atoms with van der Waals surface area (Å²) in [6.45, 7) is 3.01. The molecule has 1 N–H and O–H groups in total. The van der Waals surface area contributed by atoms with Crippen molar-refractivity contribution in [2.45, 2.75) is 43.8 Å². The van der Waals surface area contributed by atoms with E-state index in [2.05, 4.69) is 5.32 Å². The molecule has 0 unspecified atom stereocenters. The number of anilines is 1. The summed E-state index contributed by atoms with van der Waals surface area (Å²) < 4.78 is 29.1. The fourth-order valence-corrected chi connectivity index (χ4v) is 6.55. The van der Waals surface area contributed by atoms with Crippen LogP contribution >= 0.6 is 34.8 Å². The predicted molar refractivity (Wildman–Crippen MR) is 177 cm³/mol.